The standard InChI is InChI=1S/C12H21N.ClH/c1-2-11-4-9-3-10(5-11)7-12(13,6-9)8-11;/h9-10H,2-8,13H2,1H3;1H. The second kappa shape index (κ2) is 3.12. The van der Waals surface area contributed by atoms with Crippen molar-refractivity contribution in [1.29, 1.82) is 0 Å². The second-order valence-electron chi connectivity index (χ2n) is 6.18. The molecule has 2 unspecified atom stereocenters. The van der Waals surface area contributed by atoms with Crippen LogP contribution in [-0.2, 0) is 0 Å². The Kier molecular flexibility index (Phi) is 2.40. The summed E-state index contributed by atoms with van der Waals surface area (Å²) < 4.78 is 0. The first-order valence-electron chi connectivity index (χ1n) is 5.92. The Morgan fingerprint density at radius 2 is 1.71 bits per heavy atom. The summed E-state index contributed by atoms with van der Waals surface area (Å²) in [4.78, 5) is 0. The second-order valence-corrected chi connectivity index (χ2v) is 6.18. The molecule has 0 spiro atoms. The average Bonchev–Trinajstić information content (AvgIpc) is 1.99. The maximum atomic E-state index is 6.48. The number of rotatable bonds is 1. The van der Waals surface area contributed by atoms with Crippen molar-refractivity contribution in [2.45, 2.75) is 57.4 Å². The Hall–Kier alpha value is 0.250. The zero-order valence-corrected chi connectivity index (χ0v) is 9.91. The van der Waals surface area contributed by atoms with E-state index in [0.29, 0.717) is 5.41 Å². The van der Waals surface area contributed by atoms with E-state index in [-0.39, 0.29) is 17.9 Å². The van der Waals surface area contributed by atoms with Crippen molar-refractivity contribution >= 4 is 12.4 Å². The topological polar surface area (TPSA) is 26.0 Å². The Morgan fingerprint density at radius 3 is 2.14 bits per heavy atom. The average molecular weight is 216 g/mol. The molecule has 14 heavy (non-hydrogen) atoms. The van der Waals surface area contributed by atoms with E-state index in [0.717, 1.165) is 11.8 Å². The van der Waals surface area contributed by atoms with E-state index < -0.39 is 0 Å². The third-order valence-electron chi connectivity index (χ3n) is 4.98. The van der Waals surface area contributed by atoms with E-state index in [4.69, 9.17) is 5.73 Å². The highest BCUT2D eigenvalue weighted by Gasteiger charge is 2.55. The van der Waals surface area contributed by atoms with Gasteiger partial charge in [0, 0.05) is 5.54 Å². The highest BCUT2D eigenvalue weighted by Crippen LogP contribution is 2.61. The molecule has 0 aliphatic heterocycles. The van der Waals surface area contributed by atoms with Gasteiger partial charge in [-0.05, 0) is 55.8 Å². The minimum atomic E-state index is 0. The summed E-state index contributed by atoms with van der Waals surface area (Å²) in [7, 11) is 0. The van der Waals surface area contributed by atoms with Crippen molar-refractivity contribution in [2.24, 2.45) is 23.0 Å². The number of hydrogen-bond donors (Lipinski definition) is 1. The number of halogens is 1. The summed E-state index contributed by atoms with van der Waals surface area (Å²) in [5.74, 6) is 1.98. The van der Waals surface area contributed by atoms with Gasteiger partial charge in [0.05, 0.1) is 0 Å². The summed E-state index contributed by atoms with van der Waals surface area (Å²) >= 11 is 0. The molecule has 1 nitrogen and oxygen atoms in total. The van der Waals surface area contributed by atoms with Gasteiger partial charge in [-0.15, -0.1) is 12.4 Å². The molecule has 0 aromatic rings. The quantitative estimate of drug-likeness (QED) is 0.715. The molecular weight excluding hydrogens is 194 g/mol. The Balaban J connectivity index is 0.000000750. The molecule has 4 fully saturated rings. The number of nitrogens with two attached hydrogens (primary N) is 1. The minimum Gasteiger partial charge on any atom is -0.325 e. The molecule has 82 valence electrons. The van der Waals surface area contributed by atoms with Gasteiger partial charge in [-0.3, -0.25) is 0 Å². The van der Waals surface area contributed by atoms with Gasteiger partial charge < -0.3 is 5.73 Å². The smallest absolute Gasteiger partial charge is 0.0164 e. The Morgan fingerprint density at radius 1 is 1.14 bits per heavy atom. The highest BCUT2D eigenvalue weighted by molar-refractivity contribution is 5.85. The Bertz CT molecular complexity index is 224. The van der Waals surface area contributed by atoms with E-state index >= 15 is 0 Å². The van der Waals surface area contributed by atoms with Gasteiger partial charge in [0.15, 0.2) is 0 Å². The maximum absolute atomic E-state index is 6.48. The molecule has 4 saturated carbocycles. The van der Waals surface area contributed by atoms with Gasteiger partial charge in [0.2, 0.25) is 0 Å². The molecule has 0 heterocycles. The van der Waals surface area contributed by atoms with Gasteiger partial charge in [0.25, 0.3) is 0 Å². The van der Waals surface area contributed by atoms with Gasteiger partial charge in [-0.2, -0.15) is 0 Å². The van der Waals surface area contributed by atoms with Crippen molar-refractivity contribution in [3.63, 3.8) is 0 Å². The third-order valence-corrected chi connectivity index (χ3v) is 4.98. The molecular formula is C12H22ClN. The molecule has 2 atom stereocenters. The van der Waals surface area contributed by atoms with Crippen molar-refractivity contribution < 1.29 is 0 Å². The first-order chi connectivity index (χ1) is 6.13. The Labute approximate surface area is 93.2 Å². The molecule has 0 amide bonds. The highest BCUT2D eigenvalue weighted by atomic mass is 35.5. The molecule has 4 aliphatic carbocycles. The largest absolute Gasteiger partial charge is 0.325 e. The zero-order chi connectivity index (χ0) is 9.10. The first-order valence-corrected chi connectivity index (χ1v) is 5.92. The molecule has 4 aliphatic rings. The molecule has 2 heteroatoms. The molecule has 0 aromatic carbocycles. The summed E-state index contributed by atoms with van der Waals surface area (Å²) in [6.07, 6.45) is 9.89. The minimum absolute atomic E-state index is 0. The molecule has 0 aromatic heterocycles. The summed E-state index contributed by atoms with van der Waals surface area (Å²) in [5.41, 5.74) is 7.42. The van der Waals surface area contributed by atoms with Gasteiger partial charge in [-0.25, -0.2) is 0 Å². The van der Waals surface area contributed by atoms with Gasteiger partial charge >= 0.3 is 0 Å². The van der Waals surface area contributed by atoms with Crippen LogP contribution in [0.2, 0.25) is 0 Å². The molecule has 0 saturated heterocycles. The summed E-state index contributed by atoms with van der Waals surface area (Å²) in [6, 6.07) is 0. The van der Waals surface area contributed by atoms with Crippen LogP contribution in [0.25, 0.3) is 0 Å². The van der Waals surface area contributed by atoms with Gasteiger partial charge in [-0.1, -0.05) is 13.3 Å². The molecule has 2 N–H and O–H groups in total. The fourth-order valence-electron chi connectivity index (χ4n) is 4.94. The van der Waals surface area contributed by atoms with Crippen LogP contribution in [0.3, 0.4) is 0 Å². The van der Waals surface area contributed by atoms with Gasteiger partial charge in [0.1, 0.15) is 0 Å². The number of hydrogen-bond acceptors (Lipinski definition) is 1. The van der Waals surface area contributed by atoms with E-state index in [1.807, 2.05) is 0 Å². The maximum Gasteiger partial charge on any atom is 0.0164 e. The van der Waals surface area contributed by atoms with Crippen molar-refractivity contribution in [3.8, 4) is 0 Å². The van der Waals surface area contributed by atoms with Crippen LogP contribution < -0.4 is 5.73 Å². The SMILES string of the molecule is CCC12CC3CC(CC(N)(C3)C1)C2.Cl. The normalized spacial score (nSPS) is 54.4. The van der Waals surface area contributed by atoms with E-state index in [9.17, 15) is 0 Å². The van der Waals surface area contributed by atoms with Crippen molar-refractivity contribution in [3.05, 3.63) is 0 Å². The fourth-order valence-corrected chi connectivity index (χ4v) is 4.94. The lowest BCUT2D eigenvalue weighted by molar-refractivity contribution is -0.0687. The summed E-state index contributed by atoms with van der Waals surface area (Å²) in [6.45, 7) is 2.37. The molecule has 4 bridgehead atoms. The van der Waals surface area contributed by atoms with Crippen LogP contribution >= 0.6 is 12.4 Å². The lowest BCUT2D eigenvalue weighted by Gasteiger charge is -2.61. The van der Waals surface area contributed by atoms with Crippen LogP contribution in [0.15, 0.2) is 0 Å². The molecule has 0 radical (unpaired) electrons. The van der Waals surface area contributed by atoms with Crippen LogP contribution in [0.1, 0.15) is 51.9 Å². The summed E-state index contributed by atoms with van der Waals surface area (Å²) in [5, 5.41) is 0. The lowest BCUT2D eigenvalue weighted by Crippen LogP contribution is -2.59. The molecule has 4 rings (SSSR count). The predicted molar refractivity (Wildman–Crippen MR) is 61.6 cm³/mol. The van der Waals surface area contributed by atoms with Crippen LogP contribution in [0, 0.1) is 17.3 Å². The van der Waals surface area contributed by atoms with Crippen LogP contribution in [-0.4, -0.2) is 5.54 Å². The third kappa shape index (κ3) is 1.40. The first kappa shape index (κ1) is 10.8. The van der Waals surface area contributed by atoms with Crippen molar-refractivity contribution in [1.82, 2.24) is 0 Å². The van der Waals surface area contributed by atoms with Crippen molar-refractivity contribution in [2.75, 3.05) is 0 Å². The van der Waals surface area contributed by atoms with E-state index in [2.05, 4.69) is 6.92 Å². The van der Waals surface area contributed by atoms with Crippen LogP contribution in [0.5, 0.6) is 0 Å². The van der Waals surface area contributed by atoms with E-state index in [1.54, 1.807) is 0 Å². The lowest BCUT2D eigenvalue weighted by atomic mass is 9.46. The monoisotopic (exact) mass is 215 g/mol. The predicted octanol–water partition coefficient (Wildman–Crippen LogP) is 3.12. The zero-order valence-electron chi connectivity index (χ0n) is 9.09. The fraction of sp³-hybridized carbons (Fsp3) is 1.00. The van der Waals surface area contributed by atoms with Crippen LogP contribution in [0.4, 0.5) is 0 Å². The van der Waals surface area contributed by atoms with E-state index in [1.165, 1.54) is 44.9 Å².